The number of nitrogens with one attached hydrogen (secondary N) is 1. The quantitative estimate of drug-likeness (QED) is 0.819. The minimum absolute atomic E-state index is 0.0427. The van der Waals surface area contributed by atoms with Crippen LogP contribution in [0.3, 0.4) is 0 Å². The van der Waals surface area contributed by atoms with Crippen LogP contribution in [0.5, 0.6) is 0 Å². The number of primary amides is 1. The van der Waals surface area contributed by atoms with Crippen LogP contribution in [0.4, 0.5) is 0 Å². The fraction of sp³-hybridized carbons (Fsp3) is 0.381. The molecule has 0 bridgehead atoms. The predicted molar refractivity (Wildman–Crippen MR) is 104 cm³/mol. The topological polar surface area (TPSA) is 92.5 Å². The number of fused-ring (bicyclic) bond motifs is 1. The summed E-state index contributed by atoms with van der Waals surface area (Å²) in [5, 5.41) is 4.99. The van der Waals surface area contributed by atoms with E-state index in [4.69, 9.17) is 5.73 Å². The van der Waals surface area contributed by atoms with Gasteiger partial charge in [-0.2, -0.15) is 0 Å². The van der Waals surface area contributed by atoms with E-state index >= 15 is 0 Å². The summed E-state index contributed by atoms with van der Waals surface area (Å²) in [6.45, 7) is 1.83. The van der Waals surface area contributed by atoms with Crippen LogP contribution in [0.25, 0.3) is 10.8 Å². The third kappa shape index (κ3) is 4.84. The molecule has 1 fully saturated rings. The minimum Gasteiger partial charge on any atom is -0.370 e. The van der Waals surface area contributed by atoms with Gasteiger partial charge in [-0.15, -0.1) is 0 Å². The Morgan fingerprint density at radius 1 is 1.07 bits per heavy atom. The number of piperidine rings is 1. The second-order valence-corrected chi connectivity index (χ2v) is 7.05. The molecule has 3 rings (SSSR count). The Bertz CT molecular complexity index is 844. The summed E-state index contributed by atoms with van der Waals surface area (Å²) in [7, 11) is 0. The number of rotatable bonds is 6. The third-order valence-corrected chi connectivity index (χ3v) is 5.04. The molecule has 6 heteroatoms. The predicted octanol–water partition coefficient (Wildman–Crippen LogP) is 2.07. The van der Waals surface area contributed by atoms with Crippen LogP contribution in [0.15, 0.2) is 42.5 Å². The highest BCUT2D eigenvalue weighted by atomic mass is 16.2. The Morgan fingerprint density at radius 2 is 1.85 bits per heavy atom. The Morgan fingerprint density at radius 3 is 2.67 bits per heavy atom. The maximum absolute atomic E-state index is 12.7. The Labute approximate surface area is 158 Å². The highest BCUT2D eigenvalue weighted by Crippen LogP contribution is 2.20. The molecule has 6 nitrogen and oxygen atoms in total. The normalized spacial score (nSPS) is 16.9. The van der Waals surface area contributed by atoms with Crippen LogP contribution in [-0.4, -0.2) is 42.3 Å². The lowest BCUT2D eigenvalue weighted by molar-refractivity contribution is -0.134. The van der Waals surface area contributed by atoms with E-state index in [-0.39, 0.29) is 30.6 Å². The molecule has 0 spiro atoms. The molecule has 1 aliphatic rings. The number of hydrogen-bond acceptors (Lipinski definition) is 3. The fourth-order valence-electron chi connectivity index (χ4n) is 3.60. The molecule has 0 unspecified atom stereocenters. The summed E-state index contributed by atoms with van der Waals surface area (Å²) in [4.78, 5) is 37.5. The van der Waals surface area contributed by atoms with Gasteiger partial charge in [0.05, 0.1) is 0 Å². The Hall–Kier alpha value is -2.89. The van der Waals surface area contributed by atoms with Gasteiger partial charge in [0.2, 0.25) is 11.8 Å². The number of carbonyl (C=O) groups is 3. The first-order chi connectivity index (χ1) is 13.0. The van der Waals surface area contributed by atoms with E-state index in [9.17, 15) is 14.4 Å². The SMILES string of the molecule is NC(=O)CCC(=O)N1CCC[C@H](CNC(=O)c2cccc3ccccc23)C1. The minimum atomic E-state index is -0.459. The van der Waals surface area contributed by atoms with E-state index in [0.29, 0.717) is 25.2 Å². The standard InChI is InChI=1S/C21H25N3O3/c22-19(25)10-11-20(26)24-12-4-5-15(14-24)13-23-21(27)18-9-3-7-16-6-1-2-8-17(16)18/h1-3,6-9,15H,4-5,10-14H2,(H2,22,25)(H,23,27)/t15-/m1/s1. The first-order valence-corrected chi connectivity index (χ1v) is 9.36. The number of nitrogens with zero attached hydrogens (tertiary/aromatic N) is 1. The molecular formula is C21H25N3O3. The van der Waals surface area contributed by atoms with Gasteiger partial charge in [-0.25, -0.2) is 0 Å². The molecule has 1 atom stereocenters. The van der Waals surface area contributed by atoms with Crippen molar-refractivity contribution in [2.24, 2.45) is 11.7 Å². The second kappa shape index (κ2) is 8.66. The molecule has 1 heterocycles. The van der Waals surface area contributed by atoms with Crippen molar-refractivity contribution in [2.45, 2.75) is 25.7 Å². The average Bonchev–Trinajstić information content (AvgIpc) is 2.70. The van der Waals surface area contributed by atoms with E-state index in [1.807, 2.05) is 42.5 Å². The van der Waals surface area contributed by atoms with Crippen LogP contribution < -0.4 is 11.1 Å². The van der Waals surface area contributed by atoms with Gasteiger partial charge in [0.25, 0.3) is 5.91 Å². The van der Waals surface area contributed by atoms with Crippen molar-refractivity contribution < 1.29 is 14.4 Å². The lowest BCUT2D eigenvalue weighted by Gasteiger charge is -2.33. The van der Waals surface area contributed by atoms with E-state index in [0.717, 1.165) is 23.6 Å². The van der Waals surface area contributed by atoms with Gasteiger partial charge in [0.15, 0.2) is 0 Å². The van der Waals surface area contributed by atoms with E-state index in [1.165, 1.54) is 0 Å². The maximum Gasteiger partial charge on any atom is 0.251 e. The van der Waals surface area contributed by atoms with Gasteiger partial charge in [0, 0.05) is 38.0 Å². The van der Waals surface area contributed by atoms with Crippen LogP contribution >= 0.6 is 0 Å². The largest absolute Gasteiger partial charge is 0.370 e. The molecule has 142 valence electrons. The molecule has 1 aliphatic heterocycles. The van der Waals surface area contributed by atoms with Gasteiger partial charge < -0.3 is 16.0 Å². The van der Waals surface area contributed by atoms with E-state index in [2.05, 4.69) is 5.32 Å². The number of likely N-dealkylation sites (tertiary alicyclic amines) is 1. The summed E-state index contributed by atoms with van der Waals surface area (Å²) < 4.78 is 0. The van der Waals surface area contributed by atoms with Crippen molar-refractivity contribution in [3.8, 4) is 0 Å². The van der Waals surface area contributed by atoms with Gasteiger partial charge in [-0.1, -0.05) is 36.4 Å². The lowest BCUT2D eigenvalue weighted by atomic mass is 9.97. The molecule has 0 radical (unpaired) electrons. The maximum atomic E-state index is 12.7. The first kappa shape index (κ1) is 18.9. The molecular weight excluding hydrogens is 342 g/mol. The molecule has 3 amide bonds. The summed E-state index contributed by atoms with van der Waals surface area (Å²) >= 11 is 0. The number of amides is 3. The fourth-order valence-corrected chi connectivity index (χ4v) is 3.60. The second-order valence-electron chi connectivity index (χ2n) is 7.05. The molecule has 1 saturated heterocycles. The van der Waals surface area contributed by atoms with Gasteiger partial charge in [0.1, 0.15) is 0 Å². The molecule has 2 aromatic rings. The Balaban J connectivity index is 1.57. The molecule has 27 heavy (non-hydrogen) atoms. The molecule has 0 aromatic heterocycles. The smallest absolute Gasteiger partial charge is 0.251 e. The zero-order valence-electron chi connectivity index (χ0n) is 15.3. The summed E-state index contributed by atoms with van der Waals surface area (Å²) in [6.07, 6.45) is 2.11. The number of carbonyl (C=O) groups excluding carboxylic acids is 3. The van der Waals surface area contributed by atoms with Crippen LogP contribution in [0.2, 0.25) is 0 Å². The van der Waals surface area contributed by atoms with Gasteiger partial charge >= 0.3 is 0 Å². The molecule has 0 aliphatic carbocycles. The van der Waals surface area contributed by atoms with Crippen molar-refractivity contribution in [3.05, 3.63) is 48.0 Å². The van der Waals surface area contributed by atoms with Gasteiger partial charge in [-0.05, 0) is 35.6 Å². The van der Waals surface area contributed by atoms with Crippen molar-refractivity contribution in [2.75, 3.05) is 19.6 Å². The summed E-state index contributed by atoms with van der Waals surface area (Å²) in [5.74, 6) is -0.377. The zero-order valence-corrected chi connectivity index (χ0v) is 15.3. The highest BCUT2D eigenvalue weighted by molar-refractivity contribution is 6.07. The van der Waals surface area contributed by atoms with Crippen LogP contribution in [-0.2, 0) is 9.59 Å². The van der Waals surface area contributed by atoms with E-state index < -0.39 is 5.91 Å². The highest BCUT2D eigenvalue weighted by Gasteiger charge is 2.24. The lowest BCUT2D eigenvalue weighted by Crippen LogP contribution is -2.43. The number of hydrogen-bond donors (Lipinski definition) is 2. The van der Waals surface area contributed by atoms with Crippen molar-refractivity contribution >= 4 is 28.5 Å². The zero-order chi connectivity index (χ0) is 19.2. The Kier molecular flexibility index (Phi) is 6.06. The van der Waals surface area contributed by atoms with Crippen molar-refractivity contribution in [1.82, 2.24) is 10.2 Å². The summed E-state index contributed by atoms with van der Waals surface area (Å²) in [5.41, 5.74) is 5.78. The monoisotopic (exact) mass is 367 g/mol. The number of benzene rings is 2. The first-order valence-electron chi connectivity index (χ1n) is 9.36. The van der Waals surface area contributed by atoms with Crippen molar-refractivity contribution in [1.29, 1.82) is 0 Å². The van der Waals surface area contributed by atoms with Gasteiger partial charge in [-0.3, -0.25) is 14.4 Å². The molecule has 2 aromatic carbocycles. The van der Waals surface area contributed by atoms with Crippen LogP contribution in [0, 0.1) is 5.92 Å². The van der Waals surface area contributed by atoms with Crippen LogP contribution in [0.1, 0.15) is 36.0 Å². The van der Waals surface area contributed by atoms with E-state index in [1.54, 1.807) is 4.90 Å². The summed E-state index contributed by atoms with van der Waals surface area (Å²) in [6, 6.07) is 13.5. The average molecular weight is 367 g/mol. The molecule has 0 saturated carbocycles. The number of nitrogens with two attached hydrogens (primary N) is 1. The molecule has 3 N–H and O–H groups in total. The third-order valence-electron chi connectivity index (χ3n) is 5.04. The van der Waals surface area contributed by atoms with Crippen molar-refractivity contribution in [3.63, 3.8) is 0 Å².